The third-order valence-corrected chi connectivity index (χ3v) is 2.71. The second kappa shape index (κ2) is 6.47. The summed E-state index contributed by atoms with van der Waals surface area (Å²) in [7, 11) is 3.28. The molecule has 5 heteroatoms. The first-order valence-electron chi connectivity index (χ1n) is 5.29. The molecule has 0 aromatic heterocycles. The van der Waals surface area contributed by atoms with Gasteiger partial charge in [-0.15, -0.1) is 0 Å². The van der Waals surface area contributed by atoms with E-state index in [2.05, 4.69) is 0 Å². The number of rotatable bonds is 5. The Morgan fingerprint density at radius 3 is 2.82 bits per heavy atom. The number of benzene rings is 1. The first-order valence-corrected chi connectivity index (χ1v) is 5.67. The maximum absolute atomic E-state index is 12.0. The Kier molecular flexibility index (Phi) is 5.25. The lowest BCUT2D eigenvalue weighted by Gasteiger charge is -2.18. The topological polar surface area (TPSA) is 49.8 Å². The second-order valence-electron chi connectivity index (χ2n) is 3.71. The summed E-state index contributed by atoms with van der Waals surface area (Å²) in [4.78, 5) is 13.5. The lowest BCUT2D eigenvalue weighted by Crippen LogP contribution is -2.28. The van der Waals surface area contributed by atoms with E-state index in [4.69, 9.17) is 16.3 Å². The van der Waals surface area contributed by atoms with Crippen molar-refractivity contribution in [2.75, 3.05) is 27.3 Å². The predicted molar refractivity (Wildman–Crippen MR) is 66.6 cm³/mol. The molecule has 94 valence electrons. The number of aromatic hydroxyl groups is 1. The maximum Gasteiger partial charge on any atom is 0.258 e. The minimum absolute atomic E-state index is 0.0962. The molecule has 0 heterocycles. The zero-order chi connectivity index (χ0) is 12.8. The fraction of sp³-hybridized carbons (Fsp3) is 0.417. The smallest absolute Gasteiger partial charge is 0.258 e. The van der Waals surface area contributed by atoms with Crippen molar-refractivity contribution in [1.82, 2.24) is 4.90 Å². The van der Waals surface area contributed by atoms with Gasteiger partial charge in [0.1, 0.15) is 5.75 Å². The molecule has 17 heavy (non-hydrogen) atoms. The molecule has 0 radical (unpaired) electrons. The molecule has 1 aromatic carbocycles. The van der Waals surface area contributed by atoms with Crippen LogP contribution in [-0.2, 0) is 4.74 Å². The van der Waals surface area contributed by atoms with E-state index in [1.54, 1.807) is 26.3 Å². The fourth-order valence-electron chi connectivity index (χ4n) is 1.46. The summed E-state index contributed by atoms with van der Waals surface area (Å²) in [5.41, 5.74) is 0.147. The Balaban J connectivity index is 2.75. The van der Waals surface area contributed by atoms with Crippen LogP contribution in [0.15, 0.2) is 18.2 Å². The summed E-state index contributed by atoms with van der Waals surface area (Å²) in [5, 5.41) is 9.88. The van der Waals surface area contributed by atoms with Crippen molar-refractivity contribution in [1.29, 1.82) is 0 Å². The summed E-state index contributed by atoms with van der Waals surface area (Å²) in [6, 6.07) is 4.62. The molecule has 0 aliphatic heterocycles. The van der Waals surface area contributed by atoms with Crippen molar-refractivity contribution in [2.45, 2.75) is 6.42 Å². The average molecular weight is 258 g/mol. The van der Waals surface area contributed by atoms with Gasteiger partial charge in [0.2, 0.25) is 0 Å². The summed E-state index contributed by atoms with van der Waals surface area (Å²) >= 11 is 5.90. The Bertz CT molecular complexity index is 375. The van der Waals surface area contributed by atoms with Crippen LogP contribution in [0.25, 0.3) is 0 Å². The van der Waals surface area contributed by atoms with Gasteiger partial charge in [-0.2, -0.15) is 0 Å². The van der Waals surface area contributed by atoms with Crippen LogP contribution in [0.2, 0.25) is 5.02 Å². The second-order valence-corrected chi connectivity index (χ2v) is 4.11. The van der Waals surface area contributed by atoms with Crippen LogP contribution >= 0.6 is 11.6 Å². The van der Waals surface area contributed by atoms with E-state index >= 15 is 0 Å². The van der Waals surface area contributed by atoms with Crippen LogP contribution in [0.3, 0.4) is 0 Å². The number of nitrogens with zero attached hydrogens (tertiary/aromatic N) is 1. The third kappa shape index (κ3) is 3.61. The minimum atomic E-state index is -0.288. The molecular formula is C12H16ClNO3. The van der Waals surface area contributed by atoms with Crippen LogP contribution in [-0.4, -0.2) is 43.2 Å². The molecular weight excluding hydrogens is 242 g/mol. The normalized spacial score (nSPS) is 10.3. The van der Waals surface area contributed by atoms with E-state index in [1.165, 1.54) is 11.0 Å². The van der Waals surface area contributed by atoms with Crippen molar-refractivity contribution in [2.24, 2.45) is 0 Å². The third-order valence-electron chi connectivity index (χ3n) is 2.39. The van der Waals surface area contributed by atoms with Crippen LogP contribution in [0.5, 0.6) is 5.75 Å². The highest BCUT2D eigenvalue weighted by atomic mass is 35.5. The highest BCUT2D eigenvalue weighted by molar-refractivity contribution is 6.34. The van der Waals surface area contributed by atoms with Gasteiger partial charge in [-0.05, 0) is 18.6 Å². The minimum Gasteiger partial charge on any atom is -0.507 e. The van der Waals surface area contributed by atoms with Crippen molar-refractivity contribution >= 4 is 17.5 Å². The number of methoxy groups -OCH3 is 1. The lowest BCUT2D eigenvalue weighted by atomic mass is 10.1. The average Bonchev–Trinajstić information content (AvgIpc) is 2.28. The molecule has 0 spiro atoms. The Labute approximate surface area is 106 Å². The first kappa shape index (κ1) is 13.8. The van der Waals surface area contributed by atoms with Gasteiger partial charge < -0.3 is 14.7 Å². The Morgan fingerprint density at radius 1 is 1.53 bits per heavy atom. The van der Waals surface area contributed by atoms with Crippen LogP contribution in [0, 0.1) is 0 Å². The molecule has 0 aliphatic carbocycles. The van der Waals surface area contributed by atoms with Crippen LogP contribution < -0.4 is 0 Å². The number of phenols is 1. The highest BCUT2D eigenvalue weighted by Crippen LogP contribution is 2.26. The Morgan fingerprint density at radius 2 is 2.24 bits per heavy atom. The molecule has 0 bridgehead atoms. The molecule has 0 aliphatic rings. The summed E-state index contributed by atoms with van der Waals surface area (Å²) in [6.07, 6.45) is 0.740. The number of amides is 1. The molecule has 1 N–H and O–H groups in total. The molecule has 0 saturated carbocycles. The monoisotopic (exact) mass is 257 g/mol. The summed E-state index contributed by atoms with van der Waals surface area (Å²) in [6.45, 7) is 1.14. The Hall–Kier alpha value is -1.26. The molecule has 0 saturated heterocycles. The number of carbonyl (C=O) groups excluding carboxylic acids is 1. The number of hydrogen-bond acceptors (Lipinski definition) is 3. The molecule has 1 amide bonds. The molecule has 4 nitrogen and oxygen atoms in total. The fourth-order valence-corrected chi connectivity index (χ4v) is 1.71. The van der Waals surface area contributed by atoms with E-state index < -0.39 is 0 Å². The zero-order valence-corrected chi connectivity index (χ0v) is 10.7. The number of hydrogen-bond donors (Lipinski definition) is 1. The van der Waals surface area contributed by atoms with Crippen molar-refractivity contribution < 1.29 is 14.6 Å². The van der Waals surface area contributed by atoms with Crippen LogP contribution in [0.1, 0.15) is 16.8 Å². The largest absolute Gasteiger partial charge is 0.507 e. The highest BCUT2D eigenvalue weighted by Gasteiger charge is 2.18. The van der Waals surface area contributed by atoms with E-state index in [9.17, 15) is 9.90 Å². The van der Waals surface area contributed by atoms with Gasteiger partial charge in [0.15, 0.2) is 0 Å². The standard InChI is InChI=1S/C12H16ClNO3/c1-14(7-4-8-17-2)12(16)11-9(13)5-3-6-10(11)15/h3,5-6,15H,4,7-8H2,1-2H3. The zero-order valence-electron chi connectivity index (χ0n) is 9.94. The molecule has 1 rings (SSSR count). The molecule has 1 aromatic rings. The number of ether oxygens (including phenoxy) is 1. The van der Waals surface area contributed by atoms with Gasteiger partial charge in [-0.25, -0.2) is 0 Å². The van der Waals surface area contributed by atoms with Crippen LogP contribution in [0.4, 0.5) is 0 Å². The van der Waals surface area contributed by atoms with Crippen molar-refractivity contribution in [3.8, 4) is 5.75 Å². The summed E-state index contributed by atoms with van der Waals surface area (Å²) < 4.78 is 4.91. The van der Waals surface area contributed by atoms with E-state index in [-0.39, 0.29) is 22.2 Å². The molecule has 0 atom stereocenters. The van der Waals surface area contributed by atoms with Gasteiger partial charge in [0.05, 0.1) is 10.6 Å². The number of carbonyl (C=O) groups is 1. The van der Waals surface area contributed by atoms with E-state index in [1.807, 2.05) is 0 Å². The van der Waals surface area contributed by atoms with Gasteiger partial charge in [-0.1, -0.05) is 17.7 Å². The lowest BCUT2D eigenvalue weighted by molar-refractivity contribution is 0.0776. The SMILES string of the molecule is COCCCN(C)C(=O)c1c(O)cccc1Cl. The summed E-state index contributed by atoms with van der Waals surface area (Å²) in [5.74, 6) is -0.384. The van der Waals surface area contributed by atoms with Gasteiger partial charge in [0.25, 0.3) is 5.91 Å². The van der Waals surface area contributed by atoms with Crippen molar-refractivity contribution in [3.05, 3.63) is 28.8 Å². The van der Waals surface area contributed by atoms with Crippen molar-refractivity contribution in [3.63, 3.8) is 0 Å². The van der Waals surface area contributed by atoms with Gasteiger partial charge in [-0.3, -0.25) is 4.79 Å². The van der Waals surface area contributed by atoms with Gasteiger partial charge in [0, 0.05) is 27.3 Å². The molecule has 0 unspecified atom stereocenters. The molecule has 0 fully saturated rings. The predicted octanol–water partition coefficient (Wildman–Crippen LogP) is 2.15. The maximum atomic E-state index is 12.0. The number of halogens is 1. The van der Waals surface area contributed by atoms with E-state index in [0.717, 1.165) is 6.42 Å². The first-order chi connectivity index (χ1) is 8.07. The van der Waals surface area contributed by atoms with Gasteiger partial charge >= 0.3 is 0 Å². The van der Waals surface area contributed by atoms with E-state index in [0.29, 0.717) is 13.2 Å². The number of phenolic OH excluding ortho intramolecular Hbond substituents is 1. The quantitative estimate of drug-likeness (QED) is 0.823.